The van der Waals surface area contributed by atoms with E-state index in [1.807, 2.05) is 26.0 Å². The lowest BCUT2D eigenvalue weighted by Gasteiger charge is -2.68. The second-order valence-corrected chi connectivity index (χ2v) is 10.0. The first kappa shape index (κ1) is 22.8. The molecule has 1 aromatic carbocycles. The number of carbonyl (C=O) groups is 1. The number of fused-ring (bicyclic) bond motifs is 1. The smallest absolute Gasteiger partial charge is 0.358 e. The molecule has 6 rings (SSSR count). The molecule has 0 saturated heterocycles. The number of pyridine rings is 1. The van der Waals surface area contributed by atoms with Gasteiger partial charge in [-0.15, -0.1) is 0 Å². The first-order valence-corrected chi connectivity index (χ1v) is 11.6. The lowest BCUT2D eigenvalue weighted by Crippen LogP contribution is -2.71. The van der Waals surface area contributed by atoms with E-state index in [-0.39, 0.29) is 33.5 Å². The van der Waals surface area contributed by atoms with Crippen LogP contribution in [0.25, 0.3) is 10.9 Å². The Morgan fingerprint density at radius 1 is 1.21 bits per heavy atom. The molecule has 2 aromatic heterocycles. The molecule has 1 unspecified atom stereocenters. The molecular weight excluding hydrogens is 456 g/mol. The topological polar surface area (TPSA) is 95.3 Å². The summed E-state index contributed by atoms with van der Waals surface area (Å²) in [6, 6.07) is 6.93. The number of hydrogen-bond donors (Lipinski definition) is 1. The lowest BCUT2D eigenvalue weighted by molar-refractivity contribution is -0.235. The number of hydrogen-bond acceptors (Lipinski definition) is 7. The van der Waals surface area contributed by atoms with E-state index < -0.39 is 5.97 Å². The zero-order valence-corrected chi connectivity index (χ0v) is 20.6. The summed E-state index contributed by atoms with van der Waals surface area (Å²) in [5, 5.41) is 4.11. The molecule has 0 aliphatic heterocycles. The minimum Gasteiger partial charge on any atom is -0.464 e. The molecule has 2 bridgehead atoms. The zero-order valence-electron chi connectivity index (χ0n) is 19.9. The van der Waals surface area contributed by atoms with Crippen molar-refractivity contribution in [3.05, 3.63) is 62.4 Å². The van der Waals surface area contributed by atoms with Crippen LogP contribution in [0.4, 0.5) is 5.69 Å². The number of esters is 1. The zero-order chi connectivity index (χ0) is 24.4. The summed E-state index contributed by atoms with van der Waals surface area (Å²) >= 11 is 6.00. The maximum Gasteiger partial charge on any atom is 0.358 e. The molecule has 8 nitrogen and oxygen atoms in total. The average Bonchev–Trinajstić information content (AvgIpc) is 2.76. The number of carbonyl (C=O) groups excluding carboxylic acids is 1. The van der Waals surface area contributed by atoms with E-state index in [1.165, 1.54) is 7.11 Å². The fraction of sp³-hybridized carbons (Fsp3) is 0.440. The molecule has 3 aromatic rings. The molecule has 0 spiro atoms. The predicted molar refractivity (Wildman–Crippen MR) is 130 cm³/mol. The van der Waals surface area contributed by atoms with Crippen molar-refractivity contribution in [1.82, 2.24) is 14.5 Å². The van der Waals surface area contributed by atoms with Crippen molar-refractivity contribution < 1.29 is 14.3 Å². The molecule has 0 amide bonds. The molecule has 3 aliphatic rings. The number of aryl methyl sites for hydroxylation is 1. The van der Waals surface area contributed by atoms with Gasteiger partial charge >= 0.3 is 5.97 Å². The molecule has 0 radical (unpaired) electrons. The van der Waals surface area contributed by atoms with Crippen LogP contribution in [0.15, 0.2) is 29.1 Å². The quantitative estimate of drug-likeness (QED) is 0.418. The van der Waals surface area contributed by atoms with Crippen LogP contribution in [-0.2, 0) is 21.9 Å². The number of aromatic nitrogens is 3. The fourth-order valence-electron chi connectivity index (χ4n) is 5.62. The molecule has 2 heterocycles. The Morgan fingerprint density at radius 2 is 1.91 bits per heavy atom. The number of benzene rings is 1. The molecular formula is C25H27ClN4O4. The summed E-state index contributed by atoms with van der Waals surface area (Å²) in [6.07, 6.45) is 2.66. The summed E-state index contributed by atoms with van der Waals surface area (Å²) in [5.74, 6) is 0.223. The van der Waals surface area contributed by atoms with E-state index >= 15 is 0 Å². The van der Waals surface area contributed by atoms with Crippen molar-refractivity contribution in [2.45, 2.75) is 50.2 Å². The average molecular weight is 483 g/mol. The number of nitrogens with one attached hydrogen (secondary N) is 1. The van der Waals surface area contributed by atoms with E-state index in [2.05, 4.69) is 10.3 Å². The van der Waals surface area contributed by atoms with Crippen molar-refractivity contribution in [3.63, 3.8) is 0 Å². The standard InChI is InChI=1S/C25H27ClN4O4/c1-13-8-15(14(2)27-17-6-7-18(26)28-20(17)22(32)33-4)19-16(9-13)21(31)30(3)23(29-19)24-10-25(11-24,12-24)34-5/h6-9,14,27H,10-12H2,1-5H3. The minimum atomic E-state index is -0.587. The molecule has 34 heavy (non-hydrogen) atoms. The summed E-state index contributed by atoms with van der Waals surface area (Å²) in [4.78, 5) is 34.8. The second-order valence-electron chi connectivity index (χ2n) is 9.64. The fourth-order valence-corrected chi connectivity index (χ4v) is 5.77. The lowest BCUT2D eigenvalue weighted by atomic mass is 9.40. The Morgan fingerprint density at radius 3 is 2.56 bits per heavy atom. The Labute approximate surface area is 202 Å². The Hall–Kier alpha value is -2.97. The Bertz CT molecular complexity index is 1380. The molecule has 9 heteroatoms. The highest BCUT2D eigenvalue weighted by molar-refractivity contribution is 6.29. The van der Waals surface area contributed by atoms with Crippen LogP contribution >= 0.6 is 11.6 Å². The largest absolute Gasteiger partial charge is 0.464 e. The number of ether oxygens (including phenoxy) is 2. The van der Waals surface area contributed by atoms with Gasteiger partial charge in [-0.3, -0.25) is 9.36 Å². The van der Waals surface area contributed by atoms with Crippen LogP contribution in [0.1, 0.15) is 59.7 Å². The summed E-state index contributed by atoms with van der Waals surface area (Å²) in [6.45, 7) is 3.92. The number of nitrogens with zero attached hydrogens (tertiary/aromatic N) is 3. The highest BCUT2D eigenvalue weighted by Gasteiger charge is 2.71. The molecule has 3 saturated carbocycles. The molecule has 3 fully saturated rings. The summed E-state index contributed by atoms with van der Waals surface area (Å²) in [5.41, 5.74) is 2.87. The first-order chi connectivity index (χ1) is 16.1. The second kappa shape index (κ2) is 7.78. The van der Waals surface area contributed by atoms with Gasteiger partial charge in [-0.2, -0.15) is 0 Å². The monoisotopic (exact) mass is 482 g/mol. The maximum atomic E-state index is 13.4. The first-order valence-electron chi connectivity index (χ1n) is 11.2. The van der Waals surface area contributed by atoms with Gasteiger partial charge in [0.2, 0.25) is 0 Å². The summed E-state index contributed by atoms with van der Waals surface area (Å²) < 4.78 is 12.2. The van der Waals surface area contributed by atoms with E-state index in [0.29, 0.717) is 16.6 Å². The maximum absolute atomic E-state index is 13.4. The van der Waals surface area contributed by atoms with Gasteiger partial charge in [-0.1, -0.05) is 17.7 Å². The SMILES string of the molecule is COC(=O)c1nc(Cl)ccc1NC(C)c1cc(C)cc2c(=O)n(C)c(C34CC(OC)(C3)C4)nc12. The van der Waals surface area contributed by atoms with Crippen LogP contribution in [0.3, 0.4) is 0 Å². The molecule has 178 valence electrons. The van der Waals surface area contributed by atoms with Crippen molar-refractivity contribution in [2.24, 2.45) is 7.05 Å². The number of rotatable bonds is 6. The van der Waals surface area contributed by atoms with Crippen LogP contribution in [-0.4, -0.2) is 40.3 Å². The van der Waals surface area contributed by atoms with Crippen LogP contribution in [0.2, 0.25) is 5.15 Å². The van der Waals surface area contributed by atoms with Crippen molar-refractivity contribution in [1.29, 1.82) is 0 Å². The van der Waals surface area contributed by atoms with Crippen molar-refractivity contribution in [2.75, 3.05) is 19.5 Å². The van der Waals surface area contributed by atoms with Crippen molar-refractivity contribution in [3.8, 4) is 0 Å². The van der Waals surface area contributed by atoms with Crippen molar-refractivity contribution >= 4 is 34.2 Å². The number of halogens is 1. The van der Waals surface area contributed by atoms with Gasteiger partial charge in [0, 0.05) is 25.1 Å². The predicted octanol–water partition coefficient (Wildman–Crippen LogP) is 4.07. The summed E-state index contributed by atoms with van der Waals surface area (Å²) in [7, 11) is 4.85. The van der Waals surface area contributed by atoms with Gasteiger partial charge in [-0.25, -0.2) is 14.8 Å². The van der Waals surface area contributed by atoms with Gasteiger partial charge in [0.25, 0.3) is 5.56 Å². The van der Waals surface area contributed by atoms with Crippen LogP contribution in [0, 0.1) is 6.92 Å². The van der Waals surface area contributed by atoms with Gasteiger partial charge in [0.15, 0.2) is 5.69 Å². The molecule has 3 aliphatic carbocycles. The third-order valence-corrected chi connectivity index (χ3v) is 7.53. The number of anilines is 1. The number of methoxy groups -OCH3 is 2. The highest BCUT2D eigenvalue weighted by Crippen LogP contribution is 2.68. The van der Waals surface area contributed by atoms with Gasteiger partial charge in [0.05, 0.1) is 35.3 Å². The third kappa shape index (κ3) is 3.31. The molecule has 1 N–H and O–H groups in total. The van der Waals surface area contributed by atoms with Gasteiger partial charge < -0.3 is 14.8 Å². The van der Waals surface area contributed by atoms with E-state index in [4.69, 9.17) is 26.1 Å². The normalized spacial score (nSPS) is 23.7. The Kier molecular flexibility index (Phi) is 5.22. The van der Waals surface area contributed by atoms with E-state index in [9.17, 15) is 9.59 Å². The van der Waals surface area contributed by atoms with E-state index in [0.717, 1.165) is 36.2 Å². The molecule has 1 atom stereocenters. The van der Waals surface area contributed by atoms with Gasteiger partial charge in [0.1, 0.15) is 11.0 Å². The Balaban J connectivity index is 1.59. The third-order valence-electron chi connectivity index (χ3n) is 7.32. The van der Waals surface area contributed by atoms with E-state index in [1.54, 1.807) is 30.9 Å². The highest BCUT2D eigenvalue weighted by atomic mass is 35.5. The van der Waals surface area contributed by atoms with Crippen LogP contribution in [0.5, 0.6) is 0 Å². The minimum absolute atomic E-state index is 0.0521. The van der Waals surface area contributed by atoms with Crippen LogP contribution < -0.4 is 10.9 Å². The van der Waals surface area contributed by atoms with Gasteiger partial charge in [-0.05, 0) is 56.9 Å².